The standard InChI is InChI=1S/B24N/c1-13-20(12)21(15(2)3)14-25-24(22(16(4)5)17(6)7)23(18(8)9)19(10)11. The van der Waals surface area contributed by atoms with Crippen molar-refractivity contribution in [3.63, 3.8) is 0 Å². The Bertz CT molecular complexity index is 328. The van der Waals surface area contributed by atoms with E-state index in [2.05, 4.69) is 4.81 Å². The molecule has 0 fully saturated rings. The third kappa shape index (κ3) is 8.49. The number of rotatable bonds is 11. The number of nitrogens with zero attached hydrogens (tertiary/aromatic N) is 1. The van der Waals surface area contributed by atoms with Crippen LogP contribution in [0.15, 0.2) is 4.81 Å². The Morgan fingerprint density at radius 2 is 0.920 bits per heavy atom. The Kier molecular flexibility index (Phi) is 13.4. The summed E-state index contributed by atoms with van der Waals surface area (Å²) >= 11 is 0. The first-order valence-electron chi connectivity index (χ1n) is 7.85. The Hall–Kier alpha value is 1.36. The van der Waals surface area contributed by atoms with Crippen LogP contribution in [0.2, 0.25) is 0 Å². The molecule has 0 aliphatic rings. The Morgan fingerprint density at radius 1 is 0.560 bits per heavy atom. The van der Waals surface area contributed by atoms with Crippen LogP contribution in [0.3, 0.4) is 0 Å². The maximum atomic E-state index is 5.87. The zero-order valence-electron chi connectivity index (χ0n) is 14.3. The minimum atomic E-state index is -0.929. The maximum absolute atomic E-state index is 5.87. The first-order valence-corrected chi connectivity index (χ1v) is 7.85. The van der Waals surface area contributed by atoms with Crippen LogP contribution in [-0.2, 0) is 0 Å². The molecular formula is B24N. The third-order valence-electron chi connectivity index (χ3n) is 4.11. The van der Waals surface area contributed by atoms with Crippen molar-refractivity contribution in [1.82, 2.24) is 0 Å². The van der Waals surface area contributed by atoms with Gasteiger partial charge in [-0.1, -0.05) is 0 Å². The fourth-order valence-corrected chi connectivity index (χ4v) is 2.66. The van der Waals surface area contributed by atoms with Crippen molar-refractivity contribution in [2.24, 2.45) is 4.81 Å². The average Bonchev–Trinajstić information content (AvgIpc) is 2.44. The van der Waals surface area contributed by atoms with Gasteiger partial charge in [-0.2, -0.15) is 0 Å². The van der Waals surface area contributed by atoms with Crippen LogP contribution < -0.4 is 0 Å². The van der Waals surface area contributed by atoms with Crippen LogP contribution in [0.5, 0.6) is 0 Å². The van der Waals surface area contributed by atoms with Gasteiger partial charge in [-0.25, -0.2) is 0 Å². The van der Waals surface area contributed by atoms with E-state index >= 15 is 0 Å². The van der Waals surface area contributed by atoms with Crippen molar-refractivity contribution in [2.45, 2.75) is 0 Å². The zero-order valence-corrected chi connectivity index (χ0v) is 14.3. The van der Waals surface area contributed by atoms with E-state index in [4.69, 9.17) is 92.8 Å². The number of hydrogen-bond acceptors (Lipinski definition) is 1. The van der Waals surface area contributed by atoms with Crippen LogP contribution in [0, 0.1) is 0 Å². The Labute approximate surface area is 175 Å². The molecule has 0 aromatic carbocycles. The van der Waals surface area contributed by atoms with Crippen LogP contribution in [0.4, 0.5) is 0 Å². The molecule has 0 aromatic rings. The molecule has 0 unspecified atom stereocenters. The van der Waals surface area contributed by atoms with E-state index in [1.54, 1.807) is 0 Å². The van der Waals surface area contributed by atoms with Crippen molar-refractivity contribution in [2.75, 3.05) is 0 Å². The second-order valence-corrected chi connectivity index (χ2v) is 6.18. The van der Waals surface area contributed by atoms with Gasteiger partial charge in [0.15, 0.2) is 0 Å². The van der Waals surface area contributed by atoms with Gasteiger partial charge in [0.25, 0.3) is 0 Å². The molecule has 77 valence electrons. The monoisotopic (exact) mass is 278 g/mol. The molecule has 0 amide bonds. The Balaban J connectivity index is 5.90. The molecule has 0 rings (SSSR count). The van der Waals surface area contributed by atoms with E-state index in [1.165, 1.54) is 14.0 Å². The molecule has 1 nitrogen and oxygen atoms in total. The van der Waals surface area contributed by atoms with Gasteiger partial charge in [0.05, 0.1) is 0 Å². The van der Waals surface area contributed by atoms with E-state index in [9.17, 15) is 0 Å². The second kappa shape index (κ2) is 12.7. The molecule has 0 atom stereocenters. The molecule has 0 spiro atoms. The van der Waals surface area contributed by atoms with Crippen LogP contribution in [0.1, 0.15) is 0 Å². The molecule has 0 saturated heterocycles. The molecule has 0 aliphatic heterocycles. The van der Waals surface area contributed by atoms with Gasteiger partial charge in [-0.15, -0.1) is 0 Å². The summed E-state index contributed by atoms with van der Waals surface area (Å²) in [6.45, 7) is 0.644. The van der Waals surface area contributed by atoms with Gasteiger partial charge in [0, 0.05) is 0 Å². The summed E-state index contributed by atoms with van der Waals surface area (Å²) in [5.41, 5.74) is 0. The fourth-order valence-electron chi connectivity index (χ4n) is 2.66. The number of hydrogen-bond donors (Lipinski definition) is 0. The molecule has 25 heavy (non-hydrogen) atoms. The summed E-state index contributed by atoms with van der Waals surface area (Å²) in [5.74, 6) is 0. The quantitative estimate of drug-likeness (QED) is 0.332. The van der Waals surface area contributed by atoms with Gasteiger partial charge in [0.2, 0.25) is 0 Å². The summed E-state index contributed by atoms with van der Waals surface area (Å²) in [5, 5.41) is 0. The summed E-state index contributed by atoms with van der Waals surface area (Å²) < 4.78 is 0. The molecule has 0 aromatic heterocycles. The topological polar surface area (TPSA) is 12.4 Å². The third-order valence-corrected chi connectivity index (χ3v) is 4.11. The van der Waals surface area contributed by atoms with Crippen molar-refractivity contribution < 1.29 is 0 Å². The molecule has 0 heterocycles. The average molecular weight is 273 g/mol. The van der Waals surface area contributed by atoms with Crippen molar-refractivity contribution >= 4 is 171 Å². The van der Waals surface area contributed by atoms with E-state index in [1.807, 2.05) is 0 Å². The first kappa shape index (κ1) is 26.4. The fraction of sp³-hybridized carbons (Fsp3) is 0. The van der Waals surface area contributed by atoms with Gasteiger partial charge in [-0.05, 0) is 0 Å². The van der Waals surface area contributed by atoms with Crippen molar-refractivity contribution in [1.29, 1.82) is 0 Å². The first-order chi connectivity index (χ1) is 11.4. The van der Waals surface area contributed by atoms with Crippen LogP contribution >= 0.6 is 0 Å². The van der Waals surface area contributed by atoms with Crippen molar-refractivity contribution in [3.8, 4) is 0 Å². The predicted molar refractivity (Wildman–Crippen MR) is 141 cm³/mol. The Morgan fingerprint density at radius 3 is 1.16 bits per heavy atom. The summed E-state index contributed by atoms with van der Waals surface area (Å²) in [4.78, 5) is 4.42. The van der Waals surface area contributed by atoms with E-state index in [-0.39, 0.29) is 0 Å². The van der Waals surface area contributed by atoms with Crippen LogP contribution in [0.25, 0.3) is 0 Å². The zero-order chi connectivity index (χ0) is 19.9. The molecule has 0 saturated carbocycles. The van der Waals surface area contributed by atoms with Crippen LogP contribution in [-0.4, -0.2) is 171 Å². The molecular weight excluding hydrogens is 273 g/mol. The van der Waals surface area contributed by atoms with Crippen molar-refractivity contribution in [3.05, 3.63) is 0 Å². The summed E-state index contributed by atoms with van der Waals surface area (Å²) in [6, 6.07) is 0. The predicted octanol–water partition coefficient (Wildman–Crippen LogP) is -8.96. The van der Waals surface area contributed by atoms with Gasteiger partial charge in [-0.3, -0.25) is 0 Å². The van der Waals surface area contributed by atoms with E-state index < -0.39 is 64.1 Å². The van der Waals surface area contributed by atoms with E-state index in [0.717, 1.165) is 0 Å². The van der Waals surface area contributed by atoms with E-state index in [0.29, 0.717) is 0 Å². The van der Waals surface area contributed by atoms with Gasteiger partial charge in [0.1, 0.15) is 0 Å². The molecule has 0 N–H and O–H groups in total. The van der Waals surface area contributed by atoms with Gasteiger partial charge >= 0.3 is 176 Å². The minimum absolute atomic E-state index is 0.584. The molecule has 25 heteroatoms. The normalized spacial score (nSPS) is 9.44. The van der Waals surface area contributed by atoms with Gasteiger partial charge < -0.3 is 0 Å². The molecule has 0 aliphatic carbocycles. The summed E-state index contributed by atoms with van der Waals surface area (Å²) in [6.07, 6.45) is -7.21. The summed E-state index contributed by atoms with van der Waals surface area (Å²) in [7, 11) is 70.5. The second-order valence-electron chi connectivity index (χ2n) is 6.18. The SMILES string of the molecule is [B][B]B([B])B(B=NB(B(B([B])[B])B([B])[B])B(B([B])[B])B([B])[B])B([B])[B]. The molecule has 25 radical (unpaired) electrons. The molecule has 0 bridgehead atoms.